The van der Waals surface area contributed by atoms with Crippen molar-refractivity contribution in [2.45, 2.75) is 6.42 Å². The fourth-order valence-electron chi connectivity index (χ4n) is 1.07. The maximum absolute atomic E-state index is 8.70. The summed E-state index contributed by atoms with van der Waals surface area (Å²) in [5.74, 6) is 0.814. The van der Waals surface area contributed by atoms with E-state index in [9.17, 15) is 0 Å². The zero-order chi connectivity index (χ0) is 10.4. The van der Waals surface area contributed by atoms with E-state index >= 15 is 0 Å². The molecule has 0 saturated heterocycles. The molecule has 0 aromatic heterocycles. The largest absolute Gasteiger partial charge is 0.398 e. The highest BCUT2D eigenvalue weighted by atomic mass is 32.1. The molecule has 0 bridgehead atoms. The molecule has 0 saturated carbocycles. The summed E-state index contributed by atoms with van der Waals surface area (Å²) in [6.45, 7) is 0. The summed E-state index contributed by atoms with van der Waals surface area (Å²) in [5.41, 5.74) is 7.96. The molecule has 1 aromatic rings. The molecular formula is C11H12N2S. The van der Waals surface area contributed by atoms with Crippen LogP contribution < -0.4 is 5.73 Å². The van der Waals surface area contributed by atoms with Gasteiger partial charge in [0.15, 0.2) is 0 Å². The minimum absolute atomic E-state index is 0.629. The summed E-state index contributed by atoms with van der Waals surface area (Å²) in [7, 11) is 0. The Morgan fingerprint density at radius 2 is 2.29 bits per heavy atom. The number of nitrogens with two attached hydrogens (primary N) is 1. The number of nitriles is 1. The smallest absolute Gasteiger partial charge is 0.0991 e. The predicted molar refractivity (Wildman–Crippen MR) is 63.1 cm³/mol. The lowest BCUT2D eigenvalue weighted by Gasteiger charge is -1.99. The van der Waals surface area contributed by atoms with Crippen molar-refractivity contribution in [3.8, 4) is 6.07 Å². The van der Waals surface area contributed by atoms with Gasteiger partial charge in [-0.3, -0.25) is 0 Å². The Balaban J connectivity index is 2.90. The predicted octanol–water partition coefficient (Wildman–Crippen LogP) is 2.47. The average Bonchev–Trinajstić information content (AvgIpc) is 2.21. The Hall–Kier alpha value is -1.40. The number of hydrogen-bond acceptors (Lipinski definition) is 3. The minimum atomic E-state index is 0.629. The van der Waals surface area contributed by atoms with Crippen molar-refractivity contribution in [3.05, 3.63) is 35.4 Å². The Bertz CT molecular complexity index is 377. The highest BCUT2D eigenvalue weighted by molar-refractivity contribution is 7.80. The number of hydrogen-bond donors (Lipinski definition) is 2. The summed E-state index contributed by atoms with van der Waals surface area (Å²) in [6.07, 6.45) is 4.82. The van der Waals surface area contributed by atoms with E-state index in [1.54, 1.807) is 18.2 Å². The summed E-state index contributed by atoms with van der Waals surface area (Å²) in [6, 6.07) is 7.33. The third-order valence-electron chi connectivity index (χ3n) is 1.81. The fraction of sp³-hybridized carbons (Fsp3) is 0.182. The minimum Gasteiger partial charge on any atom is -0.398 e. The van der Waals surface area contributed by atoms with Crippen LogP contribution in [-0.4, -0.2) is 5.75 Å². The maximum Gasteiger partial charge on any atom is 0.0991 e. The van der Waals surface area contributed by atoms with E-state index in [4.69, 9.17) is 11.0 Å². The molecule has 0 heterocycles. The second-order valence-corrected chi connectivity index (χ2v) is 3.32. The first-order valence-electron chi connectivity index (χ1n) is 4.35. The van der Waals surface area contributed by atoms with Crippen LogP contribution in [0.25, 0.3) is 6.08 Å². The van der Waals surface area contributed by atoms with Crippen LogP contribution in [0.3, 0.4) is 0 Å². The summed E-state index contributed by atoms with van der Waals surface area (Å²) in [5, 5.41) is 8.70. The molecule has 0 aliphatic carbocycles. The van der Waals surface area contributed by atoms with Gasteiger partial charge >= 0.3 is 0 Å². The molecule has 0 fully saturated rings. The quantitative estimate of drug-likeness (QED) is 0.587. The number of anilines is 1. The van der Waals surface area contributed by atoms with Gasteiger partial charge < -0.3 is 5.73 Å². The van der Waals surface area contributed by atoms with Crippen LogP contribution in [0, 0.1) is 11.3 Å². The Kier molecular flexibility index (Phi) is 4.09. The van der Waals surface area contributed by atoms with Gasteiger partial charge in [-0.15, -0.1) is 0 Å². The number of thiol groups is 1. The van der Waals surface area contributed by atoms with Crippen LogP contribution in [0.5, 0.6) is 0 Å². The third kappa shape index (κ3) is 2.82. The number of nitrogens with zero attached hydrogens (tertiary/aromatic N) is 1. The Labute approximate surface area is 89.5 Å². The lowest BCUT2D eigenvalue weighted by molar-refractivity contribution is 1.26. The molecule has 72 valence electrons. The van der Waals surface area contributed by atoms with Gasteiger partial charge in [0.05, 0.1) is 11.6 Å². The van der Waals surface area contributed by atoms with E-state index < -0.39 is 0 Å². The molecule has 0 radical (unpaired) electrons. The lowest BCUT2D eigenvalue weighted by atomic mass is 10.1. The van der Waals surface area contributed by atoms with Gasteiger partial charge in [-0.2, -0.15) is 17.9 Å². The standard InChI is InChI=1S/C11H12N2S/c12-8-9-4-5-11(13)10(7-9)3-1-2-6-14/h1,3-5,7,14H,2,6,13H2. The molecule has 3 heteroatoms. The van der Waals surface area contributed by atoms with Gasteiger partial charge in [-0.25, -0.2) is 0 Å². The lowest BCUT2D eigenvalue weighted by Crippen LogP contribution is -1.89. The van der Waals surface area contributed by atoms with E-state index in [1.807, 2.05) is 12.2 Å². The zero-order valence-corrected chi connectivity index (χ0v) is 8.67. The molecule has 0 spiro atoms. The monoisotopic (exact) mass is 204 g/mol. The molecule has 2 nitrogen and oxygen atoms in total. The molecule has 2 N–H and O–H groups in total. The van der Waals surface area contributed by atoms with E-state index in [-0.39, 0.29) is 0 Å². The van der Waals surface area contributed by atoms with E-state index in [0.29, 0.717) is 11.3 Å². The van der Waals surface area contributed by atoms with E-state index in [0.717, 1.165) is 17.7 Å². The van der Waals surface area contributed by atoms with Crippen LogP contribution in [-0.2, 0) is 0 Å². The average molecular weight is 204 g/mol. The van der Waals surface area contributed by atoms with Gasteiger partial charge in [0, 0.05) is 5.69 Å². The summed E-state index contributed by atoms with van der Waals surface area (Å²) in [4.78, 5) is 0. The third-order valence-corrected chi connectivity index (χ3v) is 2.07. The maximum atomic E-state index is 8.70. The Morgan fingerprint density at radius 3 is 2.93 bits per heavy atom. The summed E-state index contributed by atoms with van der Waals surface area (Å²) < 4.78 is 0. The molecule has 0 aliphatic rings. The van der Waals surface area contributed by atoms with Gasteiger partial charge in [0.2, 0.25) is 0 Å². The van der Waals surface area contributed by atoms with Crippen LogP contribution in [0.15, 0.2) is 24.3 Å². The summed E-state index contributed by atoms with van der Waals surface area (Å²) >= 11 is 4.10. The molecule has 14 heavy (non-hydrogen) atoms. The van der Waals surface area contributed by atoms with Gasteiger partial charge in [-0.1, -0.05) is 12.2 Å². The molecule has 0 amide bonds. The van der Waals surface area contributed by atoms with Crippen molar-refractivity contribution in [3.63, 3.8) is 0 Å². The van der Waals surface area contributed by atoms with Crippen molar-refractivity contribution in [1.29, 1.82) is 5.26 Å². The fourth-order valence-corrected chi connectivity index (χ4v) is 1.22. The highest BCUT2D eigenvalue weighted by Gasteiger charge is 1.96. The molecule has 0 aliphatic heterocycles. The molecule has 0 atom stereocenters. The van der Waals surface area contributed by atoms with Crippen molar-refractivity contribution in [2.24, 2.45) is 0 Å². The normalized spacial score (nSPS) is 10.3. The van der Waals surface area contributed by atoms with E-state index in [1.165, 1.54) is 0 Å². The van der Waals surface area contributed by atoms with E-state index in [2.05, 4.69) is 18.7 Å². The first-order valence-corrected chi connectivity index (χ1v) is 4.98. The number of benzene rings is 1. The molecular weight excluding hydrogens is 192 g/mol. The molecule has 1 rings (SSSR count). The molecule has 0 unspecified atom stereocenters. The van der Waals surface area contributed by atoms with Crippen LogP contribution in [0.4, 0.5) is 5.69 Å². The van der Waals surface area contributed by atoms with Crippen LogP contribution in [0.1, 0.15) is 17.5 Å². The molecule has 1 aromatic carbocycles. The van der Waals surface area contributed by atoms with Crippen LogP contribution >= 0.6 is 12.6 Å². The second-order valence-electron chi connectivity index (χ2n) is 2.87. The highest BCUT2D eigenvalue weighted by Crippen LogP contribution is 2.15. The van der Waals surface area contributed by atoms with Gasteiger partial charge in [0.25, 0.3) is 0 Å². The first-order chi connectivity index (χ1) is 6.77. The topological polar surface area (TPSA) is 49.8 Å². The number of rotatable bonds is 3. The van der Waals surface area contributed by atoms with Crippen molar-refractivity contribution in [2.75, 3.05) is 11.5 Å². The van der Waals surface area contributed by atoms with Crippen LogP contribution in [0.2, 0.25) is 0 Å². The Morgan fingerprint density at radius 1 is 1.50 bits per heavy atom. The number of nitrogen functional groups attached to an aromatic ring is 1. The zero-order valence-electron chi connectivity index (χ0n) is 7.77. The first kappa shape index (κ1) is 10.7. The van der Waals surface area contributed by atoms with Gasteiger partial charge in [-0.05, 0) is 35.9 Å². The van der Waals surface area contributed by atoms with Crippen molar-refractivity contribution >= 4 is 24.4 Å². The number of allylic oxidation sites excluding steroid dienone is 1. The van der Waals surface area contributed by atoms with Crippen molar-refractivity contribution in [1.82, 2.24) is 0 Å². The van der Waals surface area contributed by atoms with Gasteiger partial charge in [0.1, 0.15) is 0 Å². The second kappa shape index (κ2) is 5.36. The van der Waals surface area contributed by atoms with Crippen molar-refractivity contribution < 1.29 is 0 Å². The SMILES string of the molecule is N#Cc1ccc(N)c(C=CCCS)c1.